The summed E-state index contributed by atoms with van der Waals surface area (Å²) in [5.41, 5.74) is 0.956. The van der Waals surface area contributed by atoms with Gasteiger partial charge in [0.1, 0.15) is 5.69 Å². The van der Waals surface area contributed by atoms with Gasteiger partial charge in [0.05, 0.1) is 34.0 Å². The van der Waals surface area contributed by atoms with Gasteiger partial charge in [-0.2, -0.15) is 5.10 Å². The van der Waals surface area contributed by atoms with Crippen LogP contribution in [0.4, 0.5) is 11.5 Å². The summed E-state index contributed by atoms with van der Waals surface area (Å²) in [4.78, 5) is 35.4. The molecule has 0 fully saturated rings. The second-order valence-corrected chi connectivity index (χ2v) is 7.07. The minimum atomic E-state index is -0.488. The van der Waals surface area contributed by atoms with Crippen molar-refractivity contribution in [3.05, 3.63) is 64.3 Å². The Kier molecular flexibility index (Phi) is 4.74. The largest absolute Gasteiger partial charge is 0.305 e. The lowest BCUT2D eigenvalue weighted by Gasteiger charge is -2.32. The third-order valence-corrected chi connectivity index (χ3v) is 5.11. The highest BCUT2D eigenvalue weighted by Gasteiger charge is 2.35. The number of nitrogens with zero attached hydrogens (tertiary/aromatic N) is 5. The molecule has 0 bridgehead atoms. The molecule has 142 valence electrons. The minimum absolute atomic E-state index is 0.139. The SMILES string of the molecule is C[C@H]1CN(c2ccc(Cl)c(Cl)c2)C(=O)c2c(C(=O)Nc3cnccn3)cnn21. The van der Waals surface area contributed by atoms with Gasteiger partial charge in [0.2, 0.25) is 0 Å². The van der Waals surface area contributed by atoms with Crippen molar-refractivity contribution in [1.29, 1.82) is 0 Å². The summed E-state index contributed by atoms with van der Waals surface area (Å²) in [7, 11) is 0. The third kappa shape index (κ3) is 3.21. The van der Waals surface area contributed by atoms with Gasteiger partial charge >= 0.3 is 0 Å². The van der Waals surface area contributed by atoms with E-state index < -0.39 is 5.91 Å². The van der Waals surface area contributed by atoms with Crippen molar-refractivity contribution in [1.82, 2.24) is 19.7 Å². The Morgan fingerprint density at radius 1 is 1.21 bits per heavy atom. The highest BCUT2D eigenvalue weighted by molar-refractivity contribution is 6.42. The van der Waals surface area contributed by atoms with Gasteiger partial charge in [-0.1, -0.05) is 23.2 Å². The quantitative estimate of drug-likeness (QED) is 0.705. The van der Waals surface area contributed by atoms with Crippen molar-refractivity contribution >= 4 is 46.5 Å². The number of rotatable bonds is 3. The molecule has 0 aliphatic carbocycles. The van der Waals surface area contributed by atoms with Crippen LogP contribution in [0, 0.1) is 0 Å². The third-order valence-electron chi connectivity index (χ3n) is 4.37. The van der Waals surface area contributed by atoms with Gasteiger partial charge in [0.25, 0.3) is 11.8 Å². The van der Waals surface area contributed by atoms with E-state index in [-0.39, 0.29) is 29.0 Å². The maximum Gasteiger partial charge on any atom is 0.277 e. The Bertz CT molecular complexity index is 1070. The zero-order chi connectivity index (χ0) is 19.8. The van der Waals surface area contributed by atoms with Gasteiger partial charge in [-0.05, 0) is 25.1 Å². The van der Waals surface area contributed by atoms with Crippen LogP contribution in [0.15, 0.2) is 43.0 Å². The topological polar surface area (TPSA) is 93.0 Å². The van der Waals surface area contributed by atoms with Gasteiger partial charge in [-0.3, -0.25) is 19.3 Å². The molecule has 28 heavy (non-hydrogen) atoms. The first-order chi connectivity index (χ1) is 13.5. The van der Waals surface area contributed by atoms with Gasteiger partial charge in [-0.15, -0.1) is 0 Å². The molecule has 2 aromatic heterocycles. The number of halogens is 2. The van der Waals surface area contributed by atoms with Crippen molar-refractivity contribution in [2.24, 2.45) is 0 Å². The number of benzene rings is 1. The molecule has 0 spiro atoms. The molecular formula is C18H14Cl2N6O2. The Hall–Kier alpha value is -2.97. The van der Waals surface area contributed by atoms with Crippen LogP contribution in [0.25, 0.3) is 0 Å². The predicted molar refractivity (Wildman–Crippen MR) is 105 cm³/mol. The summed E-state index contributed by atoms with van der Waals surface area (Å²) in [5.74, 6) is -0.554. The standard InChI is InChI=1S/C18H14Cl2N6O2/c1-10-9-25(11-2-3-13(19)14(20)6-11)18(28)16-12(7-23-26(10)16)17(27)24-15-8-21-4-5-22-15/h2-8,10H,9H2,1H3,(H,22,24,27)/t10-/m0/s1. The Morgan fingerprint density at radius 2 is 2.04 bits per heavy atom. The number of aromatic nitrogens is 4. The summed E-state index contributed by atoms with van der Waals surface area (Å²) < 4.78 is 1.56. The van der Waals surface area contributed by atoms with Gasteiger partial charge in [0.15, 0.2) is 5.82 Å². The molecule has 3 aromatic rings. The van der Waals surface area contributed by atoms with Crippen molar-refractivity contribution in [2.45, 2.75) is 13.0 Å². The first kappa shape index (κ1) is 18.4. The van der Waals surface area contributed by atoms with Crippen molar-refractivity contribution in [3.8, 4) is 0 Å². The van der Waals surface area contributed by atoms with Gasteiger partial charge in [-0.25, -0.2) is 4.98 Å². The fourth-order valence-electron chi connectivity index (χ4n) is 3.05. The van der Waals surface area contributed by atoms with Crippen LogP contribution in [0.1, 0.15) is 33.8 Å². The van der Waals surface area contributed by atoms with E-state index in [1.54, 1.807) is 27.8 Å². The van der Waals surface area contributed by atoms with Crippen LogP contribution in [0.3, 0.4) is 0 Å². The minimum Gasteiger partial charge on any atom is -0.305 e. The molecule has 0 radical (unpaired) electrons. The maximum absolute atomic E-state index is 13.2. The molecule has 4 rings (SSSR count). The molecule has 0 saturated carbocycles. The molecule has 1 aliphatic rings. The number of nitrogens with one attached hydrogen (secondary N) is 1. The highest BCUT2D eigenvalue weighted by Crippen LogP contribution is 2.32. The second-order valence-electron chi connectivity index (χ2n) is 6.26. The summed E-state index contributed by atoms with van der Waals surface area (Å²) in [6, 6.07) is 4.83. The summed E-state index contributed by atoms with van der Waals surface area (Å²) in [6.45, 7) is 2.30. The Labute approximate surface area is 170 Å². The molecule has 10 heteroatoms. The molecule has 3 heterocycles. The van der Waals surface area contributed by atoms with Gasteiger partial charge < -0.3 is 10.2 Å². The number of hydrogen-bond acceptors (Lipinski definition) is 5. The van der Waals surface area contributed by atoms with Crippen molar-refractivity contribution < 1.29 is 9.59 Å². The normalized spacial score (nSPS) is 16.0. The van der Waals surface area contributed by atoms with E-state index in [2.05, 4.69) is 20.4 Å². The lowest BCUT2D eigenvalue weighted by molar-refractivity contribution is 0.0939. The summed E-state index contributed by atoms with van der Waals surface area (Å²) in [6.07, 6.45) is 5.76. The first-order valence-corrected chi connectivity index (χ1v) is 9.13. The van der Waals surface area contributed by atoms with E-state index in [1.165, 1.54) is 24.8 Å². The van der Waals surface area contributed by atoms with E-state index in [9.17, 15) is 9.59 Å². The van der Waals surface area contributed by atoms with E-state index in [4.69, 9.17) is 23.2 Å². The molecule has 0 unspecified atom stereocenters. The fraction of sp³-hybridized carbons (Fsp3) is 0.167. The predicted octanol–water partition coefficient (Wildman–Crippen LogP) is 3.45. The molecular weight excluding hydrogens is 403 g/mol. The smallest absolute Gasteiger partial charge is 0.277 e. The zero-order valence-electron chi connectivity index (χ0n) is 14.6. The molecule has 2 amide bonds. The number of anilines is 2. The van der Waals surface area contributed by atoms with Crippen molar-refractivity contribution in [2.75, 3.05) is 16.8 Å². The Balaban J connectivity index is 1.69. The molecule has 1 aromatic carbocycles. The molecule has 8 nitrogen and oxygen atoms in total. The van der Waals surface area contributed by atoms with Gasteiger partial charge in [0, 0.05) is 24.6 Å². The summed E-state index contributed by atoms with van der Waals surface area (Å²) >= 11 is 12.1. The van der Waals surface area contributed by atoms with Crippen LogP contribution < -0.4 is 10.2 Å². The maximum atomic E-state index is 13.2. The molecule has 0 saturated heterocycles. The lowest BCUT2D eigenvalue weighted by atomic mass is 10.1. The molecule has 1 atom stereocenters. The number of fused-ring (bicyclic) bond motifs is 1. The number of hydrogen-bond donors (Lipinski definition) is 1. The highest BCUT2D eigenvalue weighted by atomic mass is 35.5. The molecule has 1 N–H and O–H groups in total. The zero-order valence-corrected chi connectivity index (χ0v) is 16.1. The summed E-state index contributed by atoms with van der Waals surface area (Å²) in [5, 5.41) is 7.61. The number of carbonyl (C=O) groups excluding carboxylic acids is 2. The number of carbonyl (C=O) groups is 2. The van der Waals surface area contributed by atoms with Crippen molar-refractivity contribution in [3.63, 3.8) is 0 Å². The van der Waals surface area contributed by atoms with E-state index >= 15 is 0 Å². The average Bonchev–Trinajstić information content (AvgIpc) is 3.14. The Morgan fingerprint density at radius 3 is 2.75 bits per heavy atom. The van der Waals surface area contributed by atoms with E-state index in [0.29, 0.717) is 22.3 Å². The van der Waals surface area contributed by atoms with E-state index in [1.807, 2.05) is 6.92 Å². The molecule has 1 aliphatic heterocycles. The van der Waals surface area contributed by atoms with Crippen LogP contribution in [-0.2, 0) is 0 Å². The average molecular weight is 417 g/mol. The second kappa shape index (κ2) is 7.21. The monoisotopic (exact) mass is 416 g/mol. The first-order valence-electron chi connectivity index (χ1n) is 8.37. The van der Waals surface area contributed by atoms with Crippen LogP contribution in [0.2, 0.25) is 10.0 Å². The van der Waals surface area contributed by atoms with Crippen LogP contribution >= 0.6 is 23.2 Å². The fourth-order valence-corrected chi connectivity index (χ4v) is 3.34. The van der Waals surface area contributed by atoms with E-state index in [0.717, 1.165) is 0 Å². The van der Waals surface area contributed by atoms with Crippen LogP contribution in [-0.4, -0.2) is 38.1 Å². The number of amides is 2. The van der Waals surface area contributed by atoms with Crippen LogP contribution in [0.5, 0.6) is 0 Å². The lowest BCUT2D eigenvalue weighted by Crippen LogP contribution is -2.43.